The lowest BCUT2D eigenvalue weighted by Gasteiger charge is -2.37. The Labute approximate surface area is 292 Å². The molecule has 0 N–H and O–H groups in total. The Hall–Kier alpha value is -4.86. The van der Waals surface area contributed by atoms with Gasteiger partial charge in [0.15, 0.2) is 6.29 Å². The van der Waals surface area contributed by atoms with Crippen LogP contribution in [0, 0.1) is 11.6 Å². The van der Waals surface area contributed by atoms with Gasteiger partial charge in [-0.2, -0.15) is 10.2 Å². The lowest BCUT2D eigenvalue weighted by molar-refractivity contribution is -0.0848. The van der Waals surface area contributed by atoms with Crippen LogP contribution in [-0.2, 0) is 21.6 Å². The van der Waals surface area contributed by atoms with Gasteiger partial charge in [0.05, 0.1) is 24.9 Å². The highest BCUT2D eigenvalue weighted by Gasteiger charge is 2.45. The minimum atomic E-state index is -1.17. The van der Waals surface area contributed by atoms with Crippen molar-refractivity contribution in [2.75, 3.05) is 55.4 Å². The number of piperazine rings is 1. The molecule has 2 aliphatic heterocycles. The van der Waals surface area contributed by atoms with Gasteiger partial charge in [0.2, 0.25) is 0 Å². The molecule has 3 aromatic carbocycles. The first-order valence-corrected chi connectivity index (χ1v) is 17.3. The van der Waals surface area contributed by atoms with Gasteiger partial charge in [-0.15, -0.1) is 11.8 Å². The Bertz CT molecular complexity index is 1980. The molecule has 15 heteroatoms. The Morgan fingerprint density at radius 3 is 2.28 bits per heavy atom. The summed E-state index contributed by atoms with van der Waals surface area (Å²) in [6.45, 7) is 5.61. The van der Waals surface area contributed by atoms with Crippen molar-refractivity contribution in [1.82, 2.24) is 29.1 Å². The number of aliphatic imine (C=N–C) groups is 1. The maximum absolute atomic E-state index is 14.9. The number of hydrogen-bond donors (Lipinski definition) is 0. The predicted molar refractivity (Wildman–Crippen MR) is 187 cm³/mol. The number of ether oxygens (including phenoxy) is 2. The number of anilines is 2. The van der Waals surface area contributed by atoms with Crippen molar-refractivity contribution in [1.29, 1.82) is 0 Å². The smallest absolute Gasteiger partial charge is 0.350 e. The zero-order valence-corrected chi connectivity index (χ0v) is 28.5. The van der Waals surface area contributed by atoms with E-state index in [4.69, 9.17) is 9.47 Å². The first-order valence-electron chi connectivity index (χ1n) is 16.3. The van der Waals surface area contributed by atoms with Crippen LogP contribution in [0.2, 0.25) is 0 Å². The van der Waals surface area contributed by atoms with Crippen molar-refractivity contribution in [2.45, 2.75) is 36.3 Å². The molecule has 0 saturated carbocycles. The summed E-state index contributed by atoms with van der Waals surface area (Å²) in [6, 6.07) is 19.7. The molecule has 0 radical (unpaired) electrons. The molecule has 4 heterocycles. The zero-order chi connectivity index (χ0) is 34.7. The number of benzene rings is 3. The lowest BCUT2D eigenvalue weighted by Crippen LogP contribution is -2.46. The van der Waals surface area contributed by atoms with Crippen molar-refractivity contribution >= 4 is 29.4 Å². The Balaban J connectivity index is 0.923. The molecule has 2 unspecified atom stereocenters. The van der Waals surface area contributed by atoms with E-state index in [0.29, 0.717) is 5.75 Å². The van der Waals surface area contributed by atoms with Gasteiger partial charge in [-0.05, 0) is 61.5 Å². The van der Waals surface area contributed by atoms with Crippen LogP contribution in [0.25, 0.3) is 5.69 Å². The highest BCUT2D eigenvalue weighted by atomic mass is 32.2. The summed E-state index contributed by atoms with van der Waals surface area (Å²) in [5, 5.41) is 8.40. The van der Waals surface area contributed by atoms with E-state index in [-0.39, 0.29) is 30.4 Å². The van der Waals surface area contributed by atoms with E-state index in [2.05, 4.69) is 54.2 Å². The van der Waals surface area contributed by atoms with Crippen LogP contribution in [0.4, 0.5) is 20.2 Å². The number of rotatable bonds is 11. The van der Waals surface area contributed by atoms with E-state index in [9.17, 15) is 13.6 Å². The van der Waals surface area contributed by atoms with E-state index < -0.39 is 23.5 Å². The third-order valence-electron chi connectivity index (χ3n) is 8.97. The van der Waals surface area contributed by atoms with Crippen molar-refractivity contribution in [3.05, 3.63) is 113 Å². The normalized spacial score (nSPS) is 20.2. The molecule has 0 amide bonds. The van der Waals surface area contributed by atoms with Gasteiger partial charge >= 0.3 is 5.69 Å². The summed E-state index contributed by atoms with van der Waals surface area (Å²) in [4.78, 5) is 26.6. The molecule has 3 atom stereocenters. The van der Waals surface area contributed by atoms with E-state index in [1.807, 2.05) is 31.2 Å². The fraction of sp³-hybridized carbons (Fsp3) is 0.343. The molecule has 12 nitrogen and oxygen atoms in total. The Morgan fingerprint density at radius 2 is 1.64 bits per heavy atom. The first kappa shape index (κ1) is 33.6. The maximum Gasteiger partial charge on any atom is 0.350 e. The predicted octanol–water partition coefficient (Wildman–Crippen LogP) is 4.55. The largest absolute Gasteiger partial charge is 0.368 e. The fourth-order valence-corrected chi connectivity index (χ4v) is 7.21. The van der Waals surface area contributed by atoms with Crippen LogP contribution in [0.1, 0.15) is 18.5 Å². The van der Waals surface area contributed by atoms with Crippen LogP contribution in [0.5, 0.6) is 0 Å². The molecule has 260 valence electrons. The topological polar surface area (TPSA) is 108 Å². The number of aromatic nitrogens is 6. The highest BCUT2D eigenvalue weighted by Crippen LogP contribution is 2.38. The third kappa shape index (κ3) is 7.06. The average molecular weight is 702 g/mol. The molecule has 0 spiro atoms. The summed E-state index contributed by atoms with van der Waals surface area (Å²) in [5.41, 5.74) is 1.87. The molecule has 2 saturated heterocycles. The van der Waals surface area contributed by atoms with Gasteiger partial charge in [-0.25, -0.2) is 32.5 Å². The number of hydrogen-bond acceptors (Lipinski definition) is 10. The number of nitrogens with zero attached hydrogens (tertiary/aromatic N) is 9. The van der Waals surface area contributed by atoms with Crippen LogP contribution < -0.4 is 15.5 Å². The molecule has 7 rings (SSSR count). The highest BCUT2D eigenvalue weighted by molar-refractivity contribution is 7.99. The number of halogens is 2. The molecular weight excluding hydrogens is 665 g/mol. The Kier molecular flexibility index (Phi) is 9.79. The van der Waals surface area contributed by atoms with Gasteiger partial charge < -0.3 is 19.3 Å². The fourth-order valence-electron chi connectivity index (χ4n) is 6.39. The van der Waals surface area contributed by atoms with Crippen molar-refractivity contribution in [3.63, 3.8) is 0 Å². The van der Waals surface area contributed by atoms with Gasteiger partial charge in [0.1, 0.15) is 36.2 Å². The van der Waals surface area contributed by atoms with Gasteiger partial charge in [-0.3, -0.25) is 4.99 Å². The average Bonchev–Trinajstić information content (AvgIpc) is 3.89. The van der Waals surface area contributed by atoms with Crippen molar-refractivity contribution < 1.29 is 18.3 Å². The molecule has 2 aromatic heterocycles. The van der Waals surface area contributed by atoms with Gasteiger partial charge in [0.25, 0.3) is 0 Å². The summed E-state index contributed by atoms with van der Waals surface area (Å²) >= 11 is 1.59. The molecule has 0 aliphatic carbocycles. The minimum Gasteiger partial charge on any atom is -0.368 e. The second kappa shape index (κ2) is 14.5. The van der Waals surface area contributed by atoms with E-state index >= 15 is 0 Å². The van der Waals surface area contributed by atoms with Crippen LogP contribution >= 0.6 is 11.8 Å². The molecule has 2 aliphatic rings. The monoisotopic (exact) mass is 701 g/mol. The molecular formula is C35H37F2N9O3S. The summed E-state index contributed by atoms with van der Waals surface area (Å²) in [6.07, 6.45) is 5.56. The SMILES string of the molecule is CN=CC(C)n1ncn(-c2ccc(N3CCN(c4ccc(SCC5OC[C@](Cn6cncn6)(c6ccc(F)cc6F)O5)cc4)CC3)cc2)c1=O. The third-order valence-corrected chi connectivity index (χ3v) is 10.0. The molecule has 5 aromatic rings. The number of thioether (sulfide) groups is 1. The van der Waals surface area contributed by atoms with E-state index in [1.165, 1.54) is 29.5 Å². The second-order valence-electron chi connectivity index (χ2n) is 12.2. The summed E-state index contributed by atoms with van der Waals surface area (Å²) < 4.78 is 45.5. The van der Waals surface area contributed by atoms with Gasteiger partial charge in [-0.1, -0.05) is 6.07 Å². The quantitative estimate of drug-likeness (QED) is 0.145. The zero-order valence-electron chi connectivity index (χ0n) is 27.7. The molecule has 50 heavy (non-hydrogen) atoms. The van der Waals surface area contributed by atoms with Crippen molar-refractivity contribution in [2.24, 2.45) is 4.99 Å². The van der Waals surface area contributed by atoms with Crippen LogP contribution in [0.15, 0.2) is 100 Å². The lowest BCUT2D eigenvalue weighted by atomic mass is 9.94. The maximum atomic E-state index is 14.9. The van der Waals surface area contributed by atoms with Crippen LogP contribution in [-0.4, -0.2) is 87.2 Å². The summed E-state index contributed by atoms with van der Waals surface area (Å²) in [7, 11) is 1.68. The first-order chi connectivity index (χ1) is 24.3. The summed E-state index contributed by atoms with van der Waals surface area (Å²) in [5.74, 6) is -0.858. The van der Waals surface area contributed by atoms with E-state index in [0.717, 1.165) is 54.2 Å². The van der Waals surface area contributed by atoms with E-state index in [1.54, 1.807) is 40.6 Å². The molecule has 0 bridgehead atoms. The van der Waals surface area contributed by atoms with Crippen molar-refractivity contribution in [3.8, 4) is 5.69 Å². The molecule has 2 fully saturated rings. The standard InChI is InChI=1S/C35H37F2N9O3S/c1-25(18-38-2)46-34(47)45(24-41-46)29-6-4-27(5-7-29)42-13-15-43(16-14-42)28-8-10-30(11-9-28)50-19-33-48-21-35(49-33,20-44-23-39-22-40-44)31-12-3-26(36)17-32(31)37/h3-12,17-18,22-25,33H,13-16,19-21H2,1-2H3/t25?,33?,35-/m1/s1. The second-order valence-corrected chi connectivity index (χ2v) is 13.3. The van der Waals surface area contributed by atoms with Gasteiger partial charge in [0, 0.05) is 73.1 Å². The minimum absolute atomic E-state index is 0.0932. The Morgan fingerprint density at radius 1 is 0.960 bits per heavy atom. The van der Waals surface area contributed by atoms with Crippen LogP contribution in [0.3, 0.4) is 0 Å².